The number of unbranched alkanes of at least 4 members (excludes halogenated alkanes) is 5. The molecule has 0 radical (unpaired) electrons. The molecule has 2 fully saturated rings. The molecular formula is C24H43NO. The highest BCUT2D eigenvalue weighted by Crippen LogP contribution is 2.34. The van der Waals surface area contributed by atoms with Gasteiger partial charge in [0.05, 0.1) is 12.2 Å². The van der Waals surface area contributed by atoms with E-state index in [0.717, 1.165) is 44.1 Å². The number of rotatable bonds is 12. The van der Waals surface area contributed by atoms with Crippen molar-refractivity contribution in [3.05, 3.63) is 0 Å². The van der Waals surface area contributed by atoms with E-state index in [9.17, 15) is 0 Å². The van der Waals surface area contributed by atoms with Gasteiger partial charge in [0, 0.05) is 12.5 Å². The first-order chi connectivity index (χ1) is 12.8. The molecule has 0 aromatic heterocycles. The third kappa shape index (κ3) is 8.90. The normalized spacial score (nSPS) is 29.4. The molecule has 0 heterocycles. The SMILES string of the molecule is CCCCCCCCC1CCC(CCCOC2CCC(C#N)CC2)CC1. The Morgan fingerprint density at radius 2 is 1.31 bits per heavy atom. The maximum atomic E-state index is 8.95. The van der Waals surface area contributed by atoms with Crippen LogP contribution in [0.3, 0.4) is 0 Å². The highest BCUT2D eigenvalue weighted by atomic mass is 16.5. The van der Waals surface area contributed by atoms with E-state index < -0.39 is 0 Å². The topological polar surface area (TPSA) is 33.0 Å². The molecule has 2 aliphatic carbocycles. The molecule has 0 unspecified atom stereocenters. The van der Waals surface area contributed by atoms with E-state index in [2.05, 4.69) is 13.0 Å². The van der Waals surface area contributed by atoms with Crippen LogP contribution < -0.4 is 0 Å². The standard InChI is InChI=1S/C24H43NO/c1-2-3-4-5-6-7-9-21-11-13-22(14-12-21)10-8-19-26-24-17-15-23(20-25)16-18-24/h21-24H,2-19H2,1H3. The Morgan fingerprint density at radius 1 is 0.731 bits per heavy atom. The Labute approximate surface area is 163 Å². The molecule has 0 aromatic carbocycles. The lowest BCUT2D eigenvalue weighted by atomic mass is 9.78. The van der Waals surface area contributed by atoms with E-state index in [0.29, 0.717) is 12.0 Å². The summed E-state index contributed by atoms with van der Waals surface area (Å²) in [6.07, 6.45) is 23.4. The van der Waals surface area contributed by atoms with E-state index in [1.807, 2.05) is 0 Å². The van der Waals surface area contributed by atoms with Gasteiger partial charge < -0.3 is 4.74 Å². The first kappa shape index (κ1) is 21.7. The molecular weight excluding hydrogens is 318 g/mol. The molecule has 2 saturated carbocycles. The number of ether oxygens (including phenoxy) is 1. The van der Waals surface area contributed by atoms with Crippen LogP contribution in [0.2, 0.25) is 0 Å². The Morgan fingerprint density at radius 3 is 1.92 bits per heavy atom. The van der Waals surface area contributed by atoms with Gasteiger partial charge in [-0.3, -0.25) is 0 Å². The van der Waals surface area contributed by atoms with Crippen LogP contribution in [0, 0.1) is 29.1 Å². The van der Waals surface area contributed by atoms with Crippen molar-refractivity contribution >= 4 is 0 Å². The summed E-state index contributed by atoms with van der Waals surface area (Å²) in [6.45, 7) is 3.24. The monoisotopic (exact) mass is 361 g/mol. The van der Waals surface area contributed by atoms with Crippen molar-refractivity contribution in [2.45, 2.75) is 122 Å². The van der Waals surface area contributed by atoms with Gasteiger partial charge in [-0.1, -0.05) is 77.6 Å². The third-order valence-electron chi connectivity index (χ3n) is 6.90. The van der Waals surface area contributed by atoms with Gasteiger partial charge in [0.2, 0.25) is 0 Å². The maximum Gasteiger partial charge on any atom is 0.0655 e. The van der Waals surface area contributed by atoms with E-state index in [4.69, 9.17) is 10.00 Å². The van der Waals surface area contributed by atoms with Crippen molar-refractivity contribution < 1.29 is 4.74 Å². The lowest BCUT2D eigenvalue weighted by Gasteiger charge is -2.29. The molecule has 150 valence electrons. The average molecular weight is 362 g/mol. The molecule has 0 atom stereocenters. The summed E-state index contributed by atoms with van der Waals surface area (Å²) >= 11 is 0. The van der Waals surface area contributed by atoms with Gasteiger partial charge in [-0.25, -0.2) is 0 Å². The minimum Gasteiger partial charge on any atom is -0.378 e. The van der Waals surface area contributed by atoms with Crippen LogP contribution in [-0.2, 0) is 4.74 Å². The Hall–Kier alpha value is -0.550. The summed E-state index contributed by atoms with van der Waals surface area (Å²) in [5, 5.41) is 8.95. The van der Waals surface area contributed by atoms with Crippen LogP contribution in [0.5, 0.6) is 0 Å². The summed E-state index contributed by atoms with van der Waals surface area (Å²) in [7, 11) is 0. The molecule has 2 nitrogen and oxygen atoms in total. The maximum absolute atomic E-state index is 8.95. The van der Waals surface area contributed by atoms with Crippen LogP contribution in [0.1, 0.15) is 116 Å². The van der Waals surface area contributed by atoms with Gasteiger partial charge in [0.1, 0.15) is 0 Å². The molecule has 0 saturated heterocycles. The van der Waals surface area contributed by atoms with Crippen LogP contribution >= 0.6 is 0 Å². The van der Waals surface area contributed by atoms with E-state index in [1.165, 1.54) is 83.5 Å². The van der Waals surface area contributed by atoms with Crippen molar-refractivity contribution in [3.63, 3.8) is 0 Å². The predicted molar refractivity (Wildman–Crippen MR) is 110 cm³/mol. The predicted octanol–water partition coefficient (Wildman–Crippen LogP) is 7.42. The summed E-state index contributed by atoms with van der Waals surface area (Å²) in [5.74, 6) is 2.29. The van der Waals surface area contributed by atoms with E-state index in [1.54, 1.807) is 0 Å². The largest absolute Gasteiger partial charge is 0.378 e. The molecule has 2 heteroatoms. The van der Waals surface area contributed by atoms with Gasteiger partial charge in [0.25, 0.3) is 0 Å². The van der Waals surface area contributed by atoms with Crippen molar-refractivity contribution in [3.8, 4) is 6.07 Å². The first-order valence-electron chi connectivity index (χ1n) is 11.8. The molecule has 0 aromatic rings. The fraction of sp³-hybridized carbons (Fsp3) is 0.958. The van der Waals surface area contributed by atoms with E-state index in [-0.39, 0.29) is 0 Å². The zero-order valence-electron chi connectivity index (χ0n) is 17.4. The van der Waals surface area contributed by atoms with Gasteiger partial charge in [-0.2, -0.15) is 5.26 Å². The highest BCUT2D eigenvalue weighted by molar-refractivity contribution is 4.87. The number of nitrogens with zero attached hydrogens (tertiary/aromatic N) is 1. The lowest BCUT2D eigenvalue weighted by Crippen LogP contribution is -2.22. The third-order valence-corrected chi connectivity index (χ3v) is 6.90. The molecule has 0 bridgehead atoms. The second kappa shape index (κ2) is 13.6. The zero-order valence-corrected chi connectivity index (χ0v) is 17.4. The van der Waals surface area contributed by atoms with Crippen molar-refractivity contribution in [1.82, 2.24) is 0 Å². The molecule has 0 amide bonds. The van der Waals surface area contributed by atoms with Crippen LogP contribution in [0.15, 0.2) is 0 Å². The Bertz CT molecular complexity index is 372. The Kier molecular flexibility index (Phi) is 11.4. The molecule has 0 spiro atoms. The minimum atomic E-state index is 0.293. The highest BCUT2D eigenvalue weighted by Gasteiger charge is 2.22. The smallest absolute Gasteiger partial charge is 0.0655 e. The molecule has 0 aliphatic heterocycles. The van der Waals surface area contributed by atoms with Crippen LogP contribution in [0.4, 0.5) is 0 Å². The van der Waals surface area contributed by atoms with Crippen molar-refractivity contribution in [2.75, 3.05) is 6.61 Å². The number of nitriles is 1. The quantitative estimate of drug-likeness (QED) is 0.339. The second-order valence-corrected chi connectivity index (χ2v) is 9.06. The lowest BCUT2D eigenvalue weighted by molar-refractivity contribution is 0.0187. The number of hydrogen-bond donors (Lipinski definition) is 0. The molecule has 26 heavy (non-hydrogen) atoms. The molecule has 2 rings (SSSR count). The summed E-state index contributed by atoms with van der Waals surface area (Å²) in [6, 6.07) is 2.41. The van der Waals surface area contributed by atoms with Crippen LogP contribution in [0.25, 0.3) is 0 Å². The Balaban J connectivity index is 1.41. The summed E-state index contributed by atoms with van der Waals surface area (Å²) in [4.78, 5) is 0. The minimum absolute atomic E-state index is 0.293. The average Bonchev–Trinajstić information content (AvgIpc) is 2.69. The first-order valence-corrected chi connectivity index (χ1v) is 11.8. The molecule has 2 aliphatic rings. The second-order valence-electron chi connectivity index (χ2n) is 9.06. The number of hydrogen-bond acceptors (Lipinski definition) is 2. The van der Waals surface area contributed by atoms with Gasteiger partial charge in [0.15, 0.2) is 0 Å². The van der Waals surface area contributed by atoms with Gasteiger partial charge in [-0.05, 0) is 50.4 Å². The van der Waals surface area contributed by atoms with E-state index >= 15 is 0 Å². The summed E-state index contributed by atoms with van der Waals surface area (Å²) < 4.78 is 6.07. The molecule has 0 N–H and O–H groups in total. The fourth-order valence-electron chi connectivity index (χ4n) is 5.00. The summed E-state index contributed by atoms with van der Waals surface area (Å²) in [5.41, 5.74) is 0. The fourth-order valence-corrected chi connectivity index (χ4v) is 5.00. The van der Waals surface area contributed by atoms with Crippen molar-refractivity contribution in [2.24, 2.45) is 17.8 Å². The van der Waals surface area contributed by atoms with Crippen molar-refractivity contribution in [1.29, 1.82) is 5.26 Å². The van der Waals surface area contributed by atoms with Gasteiger partial charge in [-0.15, -0.1) is 0 Å². The van der Waals surface area contributed by atoms with Gasteiger partial charge >= 0.3 is 0 Å². The zero-order chi connectivity index (χ0) is 18.5. The van der Waals surface area contributed by atoms with Crippen LogP contribution in [-0.4, -0.2) is 12.7 Å².